The van der Waals surface area contributed by atoms with Crippen LogP contribution in [0.3, 0.4) is 0 Å². The van der Waals surface area contributed by atoms with Gasteiger partial charge in [-0.05, 0) is 56.5 Å². The van der Waals surface area contributed by atoms with E-state index in [2.05, 4.69) is 20.9 Å². The van der Waals surface area contributed by atoms with Crippen LogP contribution < -0.4 is 16.0 Å². The Balaban J connectivity index is 1.29. The van der Waals surface area contributed by atoms with Gasteiger partial charge >= 0.3 is 0 Å². The summed E-state index contributed by atoms with van der Waals surface area (Å²) < 4.78 is 0. The quantitative estimate of drug-likeness (QED) is 0.619. The number of nitrogens with one attached hydrogen (secondary N) is 3. The van der Waals surface area contributed by atoms with Crippen LogP contribution in [-0.2, 0) is 9.59 Å². The van der Waals surface area contributed by atoms with Gasteiger partial charge in [0.2, 0.25) is 11.8 Å². The Labute approximate surface area is 183 Å². The number of rotatable bonds is 5. The van der Waals surface area contributed by atoms with Crippen LogP contribution in [0, 0.1) is 0 Å². The van der Waals surface area contributed by atoms with Gasteiger partial charge in [0, 0.05) is 50.4 Å². The lowest BCUT2D eigenvalue weighted by molar-refractivity contribution is -0.133. The van der Waals surface area contributed by atoms with E-state index in [1.165, 1.54) is 6.42 Å². The first-order chi connectivity index (χ1) is 14.6. The van der Waals surface area contributed by atoms with Crippen molar-refractivity contribution in [1.29, 1.82) is 0 Å². The second-order valence-electron chi connectivity index (χ2n) is 8.49. The molecule has 3 aliphatic heterocycles. The lowest BCUT2D eigenvalue weighted by Crippen LogP contribution is -2.58. The van der Waals surface area contributed by atoms with E-state index in [0.717, 1.165) is 51.0 Å². The van der Waals surface area contributed by atoms with Crippen molar-refractivity contribution in [2.75, 3.05) is 31.5 Å². The number of likely N-dealkylation sites (tertiary alicyclic amines) is 1. The first-order valence-electron chi connectivity index (χ1n) is 11.0. The minimum absolute atomic E-state index is 0.0832. The van der Waals surface area contributed by atoms with Crippen molar-refractivity contribution in [1.82, 2.24) is 20.4 Å². The third-order valence-electron chi connectivity index (χ3n) is 6.39. The minimum atomic E-state index is -0.147. The van der Waals surface area contributed by atoms with Crippen LogP contribution in [0.1, 0.15) is 38.5 Å². The lowest BCUT2D eigenvalue weighted by Gasteiger charge is -2.37. The molecule has 0 spiro atoms. The average Bonchev–Trinajstić information content (AvgIpc) is 3.19. The van der Waals surface area contributed by atoms with E-state index in [1.807, 2.05) is 35.2 Å². The summed E-state index contributed by atoms with van der Waals surface area (Å²) in [4.78, 5) is 29.3. The third kappa shape index (κ3) is 5.10. The highest BCUT2D eigenvalue weighted by atomic mass is 32.1. The molecule has 30 heavy (non-hydrogen) atoms. The number of piperidine rings is 1. The molecule has 0 bridgehead atoms. The van der Waals surface area contributed by atoms with Gasteiger partial charge in [-0.1, -0.05) is 18.2 Å². The zero-order valence-electron chi connectivity index (χ0n) is 17.3. The molecule has 3 heterocycles. The van der Waals surface area contributed by atoms with Gasteiger partial charge in [-0.15, -0.1) is 0 Å². The molecule has 162 valence electrons. The van der Waals surface area contributed by atoms with Gasteiger partial charge in [0.05, 0.1) is 6.04 Å². The Morgan fingerprint density at radius 3 is 2.70 bits per heavy atom. The Morgan fingerprint density at radius 2 is 1.93 bits per heavy atom. The van der Waals surface area contributed by atoms with Gasteiger partial charge in [-0.2, -0.15) is 0 Å². The zero-order valence-corrected chi connectivity index (χ0v) is 18.1. The third-order valence-corrected chi connectivity index (χ3v) is 6.61. The van der Waals surface area contributed by atoms with Crippen LogP contribution in [0.2, 0.25) is 0 Å². The number of nitrogens with zero attached hydrogens (tertiary/aromatic N) is 2. The summed E-state index contributed by atoms with van der Waals surface area (Å²) in [5.74, 6) is 0.338. The van der Waals surface area contributed by atoms with Crippen molar-refractivity contribution < 1.29 is 9.59 Å². The van der Waals surface area contributed by atoms with Gasteiger partial charge in [-0.25, -0.2) is 0 Å². The Bertz CT molecular complexity index is 768. The topological polar surface area (TPSA) is 76.7 Å². The van der Waals surface area contributed by atoms with E-state index in [1.54, 1.807) is 0 Å². The second kappa shape index (κ2) is 9.75. The monoisotopic (exact) mass is 429 g/mol. The SMILES string of the molecule is O=C1NCC(CCC(=O)N2CCCCC2)N2CC(NC(=S)Nc3ccccc3)CC12. The fraction of sp³-hybridized carbons (Fsp3) is 0.591. The number of amides is 2. The molecule has 0 aliphatic carbocycles. The van der Waals surface area contributed by atoms with Crippen LogP contribution in [0.25, 0.3) is 0 Å². The summed E-state index contributed by atoms with van der Waals surface area (Å²) in [5, 5.41) is 10.2. The maximum Gasteiger partial charge on any atom is 0.237 e. The predicted molar refractivity (Wildman–Crippen MR) is 121 cm³/mol. The minimum Gasteiger partial charge on any atom is -0.358 e. The number of para-hydroxylation sites is 1. The molecular weight excluding hydrogens is 398 g/mol. The van der Waals surface area contributed by atoms with Crippen LogP contribution in [0.15, 0.2) is 30.3 Å². The van der Waals surface area contributed by atoms with Gasteiger partial charge in [-0.3, -0.25) is 14.5 Å². The molecule has 0 radical (unpaired) electrons. The maximum atomic E-state index is 12.6. The summed E-state index contributed by atoms with van der Waals surface area (Å²) >= 11 is 5.46. The first-order valence-corrected chi connectivity index (χ1v) is 11.4. The number of carbonyl (C=O) groups excluding carboxylic acids is 2. The molecule has 3 saturated heterocycles. The molecule has 4 rings (SSSR count). The molecule has 3 atom stereocenters. The van der Waals surface area contributed by atoms with Crippen LogP contribution in [0.4, 0.5) is 5.69 Å². The molecule has 1 aromatic carbocycles. The molecule has 7 nitrogen and oxygen atoms in total. The van der Waals surface area contributed by atoms with E-state index in [9.17, 15) is 9.59 Å². The molecule has 3 fully saturated rings. The van der Waals surface area contributed by atoms with Crippen molar-refractivity contribution in [2.24, 2.45) is 0 Å². The van der Waals surface area contributed by atoms with E-state index >= 15 is 0 Å². The second-order valence-corrected chi connectivity index (χ2v) is 8.90. The summed E-state index contributed by atoms with van der Waals surface area (Å²) in [5.41, 5.74) is 0.942. The highest BCUT2D eigenvalue weighted by molar-refractivity contribution is 7.80. The van der Waals surface area contributed by atoms with Gasteiger partial charge in [0.1, 0.15) is 0 Å². The van der Waals surface area contributed by atoms with E-state index < -0.39 is 0 Å². The Morgan fingerprint density at radius 1 is 1.17 bits per heavy atom. The maximum absolute atomic E-state index is 12.6. The van der Waals surface area contributed by atoms with E-state index in [-0.39, 0.29) is 29.9 Å². The van der Waals surface area contributed by atoms with E-state index in [0.29, 0.717) is 18.1 Å². The fourth-order valence-electron chi connectivity index (χ4n) is 4.81. The number of benzene rings is 1. The van der Waals surface area contributed by atoms with Crippen LogP contribution in [0.5, 0.6) is 0 Å². The zero-order chi connectivity index (χ0) is 20.9. The van der Waals surface area contributed by atoms with Crippen molar-refractivity contribution >= 4 is 34.8 Å². The molecule has 3 N–H and O–H groups in total. The summed E-state index contributed by atoms with van der Waals surface area (Å²) in [6, 6.07) is 9.98. The van der Waals surface area contributed by atoms with Gasteiger partial charge < -0.3 is 20.9 Å². The Hall–Kier alpha value is -2.19. The van der Waals surface area contributed by atoms with Crippen molar-refractivity contribution in [3.63, 3.8) is 0 Å². The molecular formula is C22H31N5O2S. The Kier molecular flexibility index (Phi) is 6.84. The number of hydrogen-bond acceptors (Lipinski definition) is 4. The number of hydrogen-bond donors (Lipinski definition) is 3. The smallest absolute Gasteiger partial charge is 0.237 e. The van der Waals surface area contributed by atoms with Gasteiger partial charge in [0.15, 0.2) is 5.11 Å². The lowest BCUT2D eigenvalue weighted by atomic mass is 10.0. The number of fused-ring (bicyclic) bond motifs is 1. The molecule has 0 aromatic heterocycles. The average molecular weight is 430 g/mol. The molecule has 3 aliphatic rings. The molecule has 0 saturated carbocycles. The number of piperazine rings is 1. The predicted octanol–water partition coefficient (Wildman–Crippen LogP) is 1.71. The first kappa shape index (κ1) is 21.1. The molecule has 8 heteroatoms. The van der Waals surface area contributed by atoms with Crippen molar-refractivity contribution in [3.05, 3.63) is 30.3 Å². The van der Waals surface area contributed by atoms with Crippen LogP contribution >= 0.6 is 12.2 Å². The number of thiocarbonyl (C=S) groups is 1. The summed E-state index contributed by atoms with van der Waals surface area (Å²) in [6.45, 7) is 3.16. The van der Waals surface area contributed by atoms with Crippen molar-refractivity contribution in [3.8, 4) is 0 Å². The normalized spacial score (nSPS) is 26.6. The molecule has 1 aromatic rings. The summed E-state index contributed by atoms with van der Waals surface area (Å²) in [7, 11) is 0. The van der Waals surface area contributed by atoms with Crippen molar-refractivity contribution in [2.45, 2.75) is 56.7 Å². The highest BCUT2D eigenvalue weighted by Crippen LogP contribution is 2.26. The number of anilines is 1. The summed E-state index contributed by atoms with van der Waals surface area (Å²) in [6.07, 6.45) is 5.51. The standard InChI is InChI=1S/C22H31N5O2S/c28-20(26-11-5-2-6-12-26)10-9-18-14-23-21(29)19-13-17(15-27(18)19)25-22(30)24-16-7-3-1-4-8-16/h1,3-4,7-8,17-19H,2,5-6,9-15H2,(H,23,29)(H2,24,25,30). The van der Waals surface area contributed by atoms with E-state index in [4.69, 9.17) is 12.2 Å². The molecule has 3 unspecified atom stereocenters. The van der Waals surface area contributed by atoms with Crippen LogP contribution in [-0.4, -0.2) is 71.0 Å². The largest absolute Gasteiger partial charge is 0.358 e. The fourth-order valence-corrected chi connectivity index (χ4v) is 5.10. The highest BCUT2D eigenvalue weighted by Gasteiger charge is 2.43. The van der Waals surface area contributed by atoms with Gasteiger partial charge in [0.25, 0.3) is 0 Å². The number of carbonyl (C=O) groups is 2. The molecule has 2 amide bonds.